The third-order valence-electron chi connectivity index (χ3n) is 3.99. The highest BCUT2D eigenvalue weighted by atomic mass is 33.1. The van der Waals surface area contributed by atoms with Gasteiger partial charge in [-0.05, 0) is 30.2 Å². The maximum atomic E-state index is 13.6. The molecule has 1 atom stereocenters. The summed E-state index contributed by atoms with van der Waals surface area (Å²) in [6.07, 6.45) is -11.9. The maximum absolute atomic E-state index is 13.6. The van der Waals surface area contributed by atoms with Crippen molar-refractivity contribution in [3.05, 3.63) is 38.9 Å². The van der Waals surface area contributed by atoms with Crippen LogP contribution >= 0.6 is 21.6 Å². The van der Waals surface area contributed by atoms with Crippen LogP contribution in [0.4, 0.5) is 26.3 Å². The third kappa shape index (κ3) is 8.38. The second-order valence-corrected chi connectivity index (χ2v) is 9.08. The summed E-state index contributed by atoms with van der Waals surface area (Å²) in [6.45, 7) is 1.05. The number of ether oxygens (including phenoxy) is 3. The molecule has 8 nitrogen and oxygen atoms in total. The van der Waals surface area contributed by atoms with Gasteiger partial charge in [0, 0.05) is 17.1 Å². The normalized spacial score (nSPS) is 15.6. The molecule has 0 N–H and O–H groups in total. The van der Waals surface area contributed by atoms with Gasteiger partial charge in [-0.3, -0.25) is 0 Å². The Bertz CT molecular complexity index is 923. The Labute approximate surface area is 196 Å². The van der Waals surface area contributed by atoms with E-state index in [-0.39, 0.29) is 48.0 Å². The molecule has 0 saturated carbocycles. The fourth-order valence-corrected chi connectivity index (χ4v) is 4.38. The molecule has 1 aromatic rings. The molecular formula is C18H17F6NO7S2. The molecule has 1 heterocycles. The van der Waals surface area contributed by atoms with E-state index in [1.165, 1.54) is 6.92 Å². The van der Waals surface area contributed by atoms with E-state index in [0.29, 0.717) is 0 Å². The molecule has 2 rings (SSSR count). The van der Waals surface area contributed by atoms with Crippen molar-refractivity contribution in [3.63, 3.8) is 0 Å². The first kappa shape index (κ1) is 27.8. The number of hydrogen-bond donors (Lipinski definition) is 0. The van der Waals surface area contributed by atoms with E-state index in [1.54, 1.807) is 0 Å². The Morgan fingerprint density at radius 2 is 1.79 bits per heavy atom. The van der Waals surface area contributed by atoms with Crippen LogP contribution in [0.2, 0.25) is 0 Å². The fraction of sp³-hybridized carbons (Fsp3) is 0.500. The summed E-state index contributed by atoms with van der Waals surface area (Å²) in [4.78, 5) is 26.5. The second-order valence-electron chi connectivity index (χ2n) is 6.38. The zero-order valence-electron chi connectivity index (χ0n) is 17.2. The summed E-state index contributed by atoms with van der Waals surface area (Å²) in [5.41, 5.74) is -1.09. The number of fused-ring (bicyclic) bond motifs is 1. The predicted octanol–water partition coefficient (Wildman–Crippen LogP) is 4.99. The Hall–Kier alpha value is -2.49. The summed E-state index contributed by atoms with van der Waals surface area (Å²) in [5.74, 6) is -1.93. The van der Waals surface area contributed by atoms with Gasteiger partial charge < -0.3 is 19.0 Å². The van der Waals surface area contributed by atoms with Crippen LogP contribution in [0.15, 0.2) is 17.7 Å². The van der Waals surface area contributed by atoms with E-state index in [9.17, 15) is 41.3 Å². The lowest BCUT2D eigenvalue weighted by molar-refractivity contribution is -0.756. The Balaban J connectivity index is 2.14. The van der Waals surface area contributed by atoms with Gasteiger partial charge >= 0.3 is 18.5 Å². The van der Waals surface area contributed by atoms with E-state index in [4.69, 9.17) is 9.47 Å². The lowest BCUT2D eigenvalue weighted by atomic mass is 9.97. The molecule has 1 unspecified atom stereocenters. The highest BCUT2D eigenvalue weighted by molar-refractivity contribution is 8.76. The fourth-order valence-electron chi connectivity index (χ4n) is 2.74. The standard InChI is InChI=1S/C18H17F6NO7S2/c1-2-10-7-12(32-18(22,23)24)8-11-9-13(15(17(19,20)21)31-14(10)11)16(26)29-3-5-33-34-6-4-30-25(27)28/h7-9,15H,2-6H2,1H3. The number of carbonyl (C=O) groups excluding carboxylic acids is 1. The quantitative estimate of drug-likeness (QED) is 0.0966. The van der Waals surface area contributed by atoms with Crippen molar-refractivity contribution >= 4 is 33.6 Å². The number of hydrogen-bond acceptors (Lipinski definition) is 9. The van der Waals surface area contributed by atoms with Gasteiger partial charge in [0.1, 0.15) is 24.7 Å². The summed E-state index contributed by atoms with van der Waals surface area (Å²) >= 11 is 0. The van der Waals surface area contributed by atoms with E-state index in [2.05, 4.69) is 9.57 Å². The molecule has 1 aliphatic heterocycles. The summed E-state index contributed by atoms with van der Waals surface area (Å²) < 4.78 is 92.3. The number of carbonyl (C=O) groups is 1. The highest BCUT2D eigenvalue weighted by Crippen LogP contribution is 2.42. The van der Waals surface area contributed by atoms with Gasteiger partial charge in [-0.15, -0.1) is 23.3 Å². The second kappa shape index (κ2) is 11.8. The minimum atomic E-state index is -5.03. The zero-order chi connectivity index (χ0) is 25.5. The molecule has 0 bridgehead atoms. The number of halogens is 6. The number of alkyl halides is 6. The molecule has 34 heavy (non-hydrogen) atoms. The van der Waals surface area contributed by atoms with Crippen molar-refractivity contribution in [3.8, 4) is 11.5 Å². The molecule has 0 saturated heterocycles. The first-order valence-electron chi connectivity index (χ1n) is 9.38. The van der Waals surface area contributed by atoms with Crippen LogP contribution in [0.25, 0.3) is 6.08 Å². The summed E-state index contributed by atoms with van der Waals surface area (Å²) in [7, 11) is 2.30. The monoisotopic (exact) mass is 537 g/mol. The zero-order valence-corrected chi connectivity index (χ0v) is 18.9. The number of rotatable bonds is 11. The molecule has 0 amide bonds. The average Bonchev–Trinajstić information content (AvgIpc) is 2.71. The van der Waals surface area contributed by atoms with Crippen LogP contribution in [-0.2, 0) is 20.8 Å². The first-order chi connectivity index (χ1) is 15.8. The SMILES string of the molecule is CCc1cc(OC(F)(F)F)cc2c1OC(C(F)(F)F)C(C(=O)OCCSSCCO[N+](=O)[O-])=C2. The molecular weight excluding hydrogens is 520 g/mol. The van der Waals surface area contributed by atoms with Crippen molar-refractivity contribution < 1.29 is 55.3 Å². The number of nitrogens with zero attached hydrogens (tertiary/aromatic N) is 1. The van der Waals surface area contributed by atoms with Gasteiger partial charge in [0.2, 0.25) is 6.10 Å². The molecule has 0 spiro atoms. The lowest BCUT2D eigenvalue weighted by Gasteiger charge is -2.29. The first-order valence-corrected chi connectivity index (χ1v) is 11.9. The highest BCUT2D eigenvalue weighted by Gasteiger charge is 2.49. The topological polar surface area (TPSA) is 97.1 Å². The van der Waals surface area contributed by atoms with E-state index >= 15 is 0 Å². The van der Waals surface area contributed by atoms with Gasteiger partial charge in [-0.25, -0.2) is 4.79 Å². The van der Waals surface area contributed by atoms with Crippen LogP contribution < -0.4 is 9.47 Å². The van der Waals surface area contributed by atoms with Crippen LogP contribution in [0.5, 0.6) is 11.5 Å². The molecule has 1 aliphatic rings. The minimum absolute atomic E-state index is 0.0316. The van der Waals surface area contributed by atoms with Gasteiger partial charge in [-0.1, -0.05) is 28.5 Å². The van der Waals surface area contributed by atoms with E-state index in [0.717, 1.165) is 39.8 Å². The smallest absolute Gasteiger partial charge is 0.475 e. The van der Waals surface area contributed by atoms with Crippen molar-refractivity contribution in [1.82, 2.24) is 0 Å². The largest absolute Gasteiger partial charge is 0.573 e. The van der Waals surface area contributed by atoms with Crippen molar-refractivity contribution in [2.24, 2.45) is 0 Å². The summed E-state index contributed by atoms with van der Waals surface area (Å²) in [5, 5.41) is 9.05. The average molecular weight is 537 g/mol. The van der Waals surface area contributed by atoms with Crippen molar-refractivity contribution in [2.75, 3.05) is 24.7 Å². The van der Waals surface area contributed by atoms with E-state index in [1.807, 2.05) is 0 Å². The molecule has 0 fully saturated rings. The summed E-state index contributed by atoms with van der Waals surface area (Å²) in [6, 6.07) is 1.74. The molecule has 1 aromatic carbocycles. The van der Waals surface area contributed by atoms with Crippen molar-refractivity contribution in [2.45, 2.75) is 32.0 Å². The lowest BCUT2D eigenvalue weighted by Crippen LogP contribution is -2.41. The molecule has 190 valence electrons. The van der Waals surface area contributed by atoms with Crippen molar-refractivity contribution in [1.29, 1.82) is 0 Å². The Morgan fingerprint density at radius 3 is 2.35 bits per heavy atom. The number of aryl methyl sites for hydroxylation is 1. The van der Waals surface area contributed by atoms with Crippen LogP contribution in [-0.4, -0.2) is 54.4 Å². The van der Waals surface area contributed by atoms with Crippen LogP contribution in [0.3, 0.4) is 0 Å². The molecule has 16 heteroatoms. The minimum Gasteiger partial charge on any atom is -0.475 e. The van der Waals surface area contributed by atoms with Crippen LogP contribution in [0.1, 0.15) is 18.1 Å². The third-order valence-corrected chi connectivity index (χ3v) is 6.32. The Morgan fingerprint density at radius 1 is 1.15 bits per heavy atom. The van der Waals surface area contributed by atoms with Gasteiger partial charge in [0.25, 0.3) is 5.09 Å². The van der Waals surface area contributed by atoms with Crippen LogP contribution in [0, 0.1) is 10.1 Å². The molecule has 0 aliphatic carbocycles. The van der Waals surface area contributed by atoms with Gasteiger partial charge in [0.05, 0.1) is 5.57 Å². The van der Waals surface area contributed by atoms with Gasteiger partial charge in [-0.2, -0.15) is 13.2 Å². The van der Waals surface area contributed by atoms with E-state index < -0.39 is 41.0 Å². The Kier molecular flexibility index (Phi) is 9.61. The number of esters is 1. The predicted molar refractivity (Wildman–Crippen MR) is 110 cm³/mol. The number of benzene rings is 1. The molecule has 0 radical (unpaired) electrons. The van der Waals surface area contributed by atoms with Gasteiger partial charge in [0.15, 0.2) is 0 Å². The molecule has 0 aromatic heterocycles. The maximum Gasteiger partial charge on any atom is 0.573 e.